The van der Waals surface area contributed by atoms with E-state index < -0.39 is 0 Å². The molecule has 0 unspecified atom stereocenters. The molecule has 0 saturated heterocycles. The summed E-state index contributed by atoms with van der Waals surface area (Å²) >= 11 is 0. The van der Waals surface area contributed by atoms with Crippen LogP contribution in [0, 0.1) is 12.8 Å². The van der Waals surface area contributed by atoms with Gasteiger partial charge >= 0.3 is 0 Å². The van der Waals surface area contributed by atoms with E-state index in [1.54, 1.807) is 15.9 Å². The third-order valence-corrected chi connectivity index (χ3v) is 8.04. The lowest BCUT2D eigenvalue weighted by molar-refractivity contribution is -0.133. The van der Waals surface area contributed by atoms with Crippen LogP contribution in [0.4, 0.5) is 0 Å². The van der Waals surface area contributed by atoms with Crippen molar-refractivity contribution < 1.29 is 14.0 Å². The number of hydrogen-bond donors (Lipinski definition) is 0. The van der Waals surface area contributed by atoms with Gasteiger partial charge in [0.15, 0.2) is 5.43 Å². The lowest BCUT2D eigenvalue weighted by atomic mass is 10.0. The molecule has 2 amide bonds. The Bertz CT molecular complexity index is 1570. The van der Waals surface area contributed by atoms with E-state index in [2.05, 4.69) is 20.8 Å². The molecule has 0 aliphatic carbocycles. The molecule has 3 aromatic carbocycles. The van der Waals surface area contributed by atoms with Crippen molar-refractivity contribution in [1.82, 2.24) is 9.80 Å². The molecule has 0 bridgehead atoms. The van der Waals surface area contributed by atoms with Gasteiger partial charge in [-0.2, -0.15) is 0 Å². The van der Waals surface area contributed by atoms with E-state index in [-0.39, 0.29) is 30.3 Å². The highest BCUT2D eigenvalue weighted by Crippen LogP contribution is 2.17. The predicted molar refractivity (Wildman–Crippen MR) is 178 cm³/mol. The molecule has 232 valence electrons. The molecule has 1 heterocycles. The number of nitrogens with zero attached hydrogens (tertiary/aromatic N) is 2. The van der Waals surface area contributed by atoms with Gasteiger partial charge in [0.25, 0.3) is 5.91 Å². The Morgan fingerprint density at radius 3 is 2.30 bits per heavy atom. The van der Waals surface area contributed by atoms with E-state index in [0.29, 0.717) is 41.1 Å². The van der Waals surface area contributed by atoms with E-state index in [1.807, 2.05) is 73.7 Å². The first-order chi connectivity index (χ1) is 21.2. The zero-order valence-corrected chi connectivity index (χ0v) is 26.7. The highest BCUT2D eigenvalue weighted by molar-refractivity contribution is 5.96. The van der Waals surface area contributed by atoms with Gasteiger partial charge in [-0.05, 0) is 67.5 Å². The summed E-state index contributed by atoms with van der Waals surface area (Å²) in [5.74, 6) is -0.00357. The van der Waals surface area contributed by atoms with Gasteiger partial charge in [0.1, 0.15) is 12.1 Å². The Morgan fingerprint density at radius 2 is 1.59 bits per heavy atom. The van der Waals surface area contributed by atoms with Crippen molar-refractivity contribution in [3.8, 4) is 0 Å². The summed E-state index contributed by atoms with van der Waals surface area (Å²) in [7, 11) is 0. The largest absolute Gasteiger partial charge is 0.464 e. The molecule has 0 N–H and O–H groups in total. The molecule has 6 nitrogen and oxygen atoms in total. The van der Waals surface area contributed by atoms with Gasteiger partial charge in [0.2, 0.25) is 5.91 Å². The highest BCUT2D eigenvalue weighted by Gasteiger charge is 2.24. The monoisotopic (exact) mass is 594 g/mol. The smallest absolute Gasteiger partial charge is 0.254 e. The Kier molecular flexibility index (Phi) is 11.9. The zero-order valence-electron chi connectivity index (χ0n) is 26.7. The maximum absolute atomic E-state index is 14.0. The summed E-state index contributed by atoms with van der Waals surface area (Å²) in [6.45, 7) is 9.15. The molecule has 0 saturated carbocycles. The van der Waals surface area contributed by atoms with Crippen LogP contribution in [-0.4, -0.2) is 34.7 Å². The number of hydrogen-bond acceptors (Lipinski definition) is 4. The maximum Gasteiger partial charge on any atom is 0.254 e. The predicted octanol–water partition coefficient (Wildman–Crippen LogP) is 7.94. The maximum atomic E-state index is 14.0. The number of amides is 2. The molecular formula is C38H46N2O4. The van der Waals surface area contributed by atoms with Crippen molar-refractivity contribution in [2.45, 2.75) is 79.3 Å². The molecule has 44 heavy (non-hydrogen) atoms. The second kappa shape index (κ2) is 16.0. The molecule has 0 aliphatic heterocycles. The number of rotatable bonds is 15. The number of carbonyl (C=O) groups is 2. The third kappa shape index (κ3) is 9.15. The standard InChI is InChI=1S/C38H46N2O4/c1-5-6-7-9-12-30-16-18-32(19-17-30)38(43)39(22-21-28(2)3)26-36(41)40(24-31-13-10-8-11-14-31)25-33-27-44-35-20-15-29(4)23-34(35)37(33)42/h8,10-11,13-20,23,27-28H,5-7,9,12,21-22,24-26H2,1-4H3. The van der Waals surface area contributed by atoms with Crippen LogP contribution >= 0.6 is 0 Å². The molecule has 4 aromatic rings. The topological polar surface area (TPSA) is 70.8 Å². The van der Waals surface area contributed by atoms with Crippen molar-refractivity contribution in [3.63, 3.8) is 0 Å². The number of carbonyl (C=O) groups excluding carboxylic acids is 2. The average Bonchev–Trinajstić information content (AvgIpc) is 3.02. The van der Waals surface area contributed by atoms with Crippen molar-refractivity contribution in [1.29, 1.82) is 0 Å². The van der Waals surface area contributed by atoms with Crippen molar-refractivity contribution in [2.24, 2.45) is 5.92 Å². The molecule has 0 aliphatic rings. The lowest BCUT2D eigenvalue weighted by Gasteiger charge is -2.28. The van der Waals surface area contributed by atoms with Crippen molar-refractivity contribution >= 4 is 22.8 Å². The fraction of sp³-hybridized carbons (Fsp3) is 0.395. The first-order valence-electron chi connectivity index (χ1n) is 16.0. The fourth-order valence-electron chi connectivity index (χ4n) is 5.32. The third-order valence-electron chi connectivity index (χ3n) is 8.04. The van der Waals surface area contributed by atoms with Crippen LogP contribution in [0.5, 0.6) is 0 Å². The Hall–Kier alpha value is -4.19. The minimum absolute atomic E-state index is 0.0742. The van der Waals surface area contributed by atoms with Gasteiger partial charge in [0, 0.05) is 18.7 Å². The average molecular weight is 595 g/mol. The van der Waals surface area contributed by atoms with E-state index in [0.717, 1.165) is 30.4 Å². The van der Waals surface area contributed by atoms with Crippen LogP contribution in [-0.2, 0) is 24.3 Å². The van der Waals surface area contributed by atoms with Crippen molar-refractivity contribution in [3.05, 3.63) is 117 Å². The number of fused-ring (bicyclic) bond motifs is 1. The van der Waals surface area contributed by atoms with E-state index in [4.69, 9.17) is 4.42 Å². The van der Waals surface area contributed by atoms with Gasteiger partial charge in [-0.15, -0.1) is 0 Å². The minimum Gasteiger partial charge on any atom is -0.464 e. The summed E-state index contributed by atoms with van der Waals surface area (Å²) in [4.78, 5) is 44.5. The Labute approximate surface area is 261 Å². The first-order valence-corrected chi connectivity index (χ1v) is 16.0. The molecule has 6 heteroatoms. The molecule has 1 aromatic heterocycles. The quantitative estimate of drug-likeness (QED) is 0.131. The number of benzene rings is 3. The molecule has 0 atom stereocenters. The number of unbranched alkanes of at least 4 members (excludes halogenated alkanes) is 3. The van der Waals surface area contributed by atoms with E-state index in [1.165, 1.54) is 31.1 Å². The highest BCUT2D eigenvalue weighted by atomic mass is 16.3. The summed E-state index contributed by atoms with van der Waals surface area (Å²) < 4.78 is 5.80. The van der Waals surface area contributed by atoms with Gasteiger partial charge in [-0.1, -0.05) is 94.1 Å². The van der Waals surface area contributed by atoms with Gasteiger partial charge in [-0.3, -0.25) is 14.4 Å². The minimum atomic E-state index is -0.220. The molecular weight excluding hydrogens is 548 g/mol. The summed E-state index contributed by atoms with van der Waals surface area (Å²) in [6, 6.07) is 23.0. The molecule has 0 radical (unpaired) electrons. The lowest BCUT2D eigenvalue weighted by Crippen LogP contribution is -2.43. The van der Waals surface area contributed by atoms with Crippen molar-refractivity contribution in [2.75, 3.05) is 13.1 Å². The van der Waals surface area contributed by atoms with Gasteiger partial charge < -0.3 is 14.2 Å². The van der Waals surface area contributed by atoms with E-state index in [9.17, 15) is 14.4 Å². The van der Waals surface area contributed by atoms with E-state index >= 15 is 0 Å². The number of aryl methyl sites for hydroxylation is 2. The van der Waals surface area contributed by atoms with Crippen LogP contribution in [0.15, 0.2) is 88.3 Å². The molecule has 0 spiro atoms. The second-order valence-electron chi connectivity index (χ2n) is 12.2. The first kappa shape index (κ1) is 32.7. The molecule has 4 rings (SSSR count). The Morgan fingerprint density at radius 1 is 0.841 bits per heavy atom. The Balaban J connectivity index is 1.56. The van der Waals surface area contributed by atoms with Gasteiger partial charge in [0.05, 0.1) is 23.8 Å². The normalized spacial score (nSPS) is 11.2. The fourth-order valence-corrected chi connectivity index (χ4v) is 5.32. The second-order valence-corrected chi connectivity index (χ2v) is 12.2. The van der Waals surface area contributed by atoms with Crippen LogP contribution in [0.2, 0.25) is 0 Å². The summed E-state index contributed by atoms with van der Waals surface area (Å²) in [6.07, 6.45) is 8.03. The summed E-state index contributed by atoms with van der Waals surface area (Å²) in [5.41, 5.74) is 4.48. The summed E-state index contributed by atoms with van der Waals surface area (Å²) in [5, 5.41) is 0.497. The van der Waals surface area contributed by atoms with Crippen LogP contribution in [0.25, 0.3) is 11.0 Å². The zero-order chi connectivity index (χ0) is 31.5. The van der Waals surface area contributed by atoms with Crippen LogP contribution < -0.4 is 5.43 Å². The SMILES string of the molecule is CCCCCCc1ccc(C(=O)N(CCC(C)C)CC(=O)N(Cc2ccccc2)Cc2coc3ccc(C)cc3c2=O)cc1. The van der Waals surface area contributed by atoms with Crippen LogP contribution in [0.3, 0.4) is 0 Å². The van der Waals surface area contributed by atoms with Crippen LogP contribution in [0.1, 0.15) is 85.5 Å². The van der Waals surface area contributed by atoms with Gasteiger partial charge in [-0.25, -0.2) is 0 Å². The molecule has 0 fully saturated rings.